The molecule has 0 aromatic heterocycles. The van der Waals surface area contributed by atoms with Crippen molar-refractivity contribution in [3.05, 3.63) is 0 Å². The van der Waals surface area contributed by atoms with Crippen LogP contribution in [0.1, 0.15) is 0 Å². The van der Waals surface area contributed by atoms with Crippen LogP contribution in [-0.4, -0.2) is 48.1 Å². The number of nitrogens with zero attached hydrogens (tertiary/aromatic N) is 2. The van der Waals surface area contributed by atoms with E-state index in [2.05, 4.69) is 0 Å². The van der Waals surface area contributed by atoms with Crippen molar-refractivity contribution in [3.8, 4) is 0 Å². The minimum absolute atomic E-state index is 0.161. The van der Waals surface area contributed by atoms with Gasteiger partial charge in [-0.2, -0.15) is 0 Å². The first kappa shape index (κ1) is 7.72. The van der Waals surface area contributed by atoms with E-state index in [1.807, 2.05) is 18.2 Å². The lowest BCUT2D eigenvalue weighted by molar-refractivity contribution is 0.204. The number of urea groups is 1. The Balaban J connectivity index is 2.41. The Bertz CT molecular complexity index is 138. The molecule has 0 bridgehead atoms. The molecule has 1 rings (SSSR count). The summed E-state index contributed by atoms with van der Waals surface area (Å²) in [7, 11) is 1.84. The molecule has 1 fully saturated rings. The highest BCUT2D eigenvalue weighted by molar-refractivity contribution is 7.98. The summed E-state index contributed by atoms with van der Waals surface area (Å²) in [6, 6.07) is 0.161. The molecule has 10 heavy (non-hydrogen) atoms. The summed E-state index contributed by atoms with van der Waals surface area (Å²) in [5.74, 6) is 0.823. The van der Waals surface area contributed by atoms with E-state index in [1.165, 1.54) is 0 Å². The van der Waals surface area contributed by atoms with Gasteiger partial charge in [0.1, 0.15) is 0 Å². The number of thioether (sulfide) groups is 1. The van der Waals surface area contributed by atoms with Gasteiger partial charge in [-0.15, -0.1) is 11.8 Å². The van der Waals surface area contributed by atoms with Crippen LogP contribution in [0.3, 0.4) is 0 Å². The van der Waals surface area contributed by atoms with Gasteiger partial charge < -0.3 is 9.80 Å². The lowest BCUT2D eigenvalue weighted by Gasteiger charge is -2.13. The third kappa shape index (κ3) is 1.37. The van der Waals surface area contributed by atoms with Gasteiger partial charge in [-0.05, 0) is 6.26 Å². The molecule has 0 unspecified atom stereocenters. The summed E-state index contributed by atoms with van der Waals surface area (Å²) in [4.78, 5) is 14.7. The second kappa shape index (κ2) is 3.14. The van der Waals surface area contributed by atoms with Crippen LogP contribution in [0.4, 0.5) is 4.79 Å². The number of hydrogen-bond donors (Lipinski definition) is 0. The zero-order chi connectivity index (χ0) is 7.56. The van der Waals surface area contributed by atoms with Gasteiger partial charge in [0, 0.05) is 20.1 Å². The molecule has 0 saturated carbocycles. The first-order valence-electron chi connectivity index (χ1n) is 3.24. The van der Waals surface area contributed by atoms with E-state index in [0.717, 1.165) is 19.0 Å². The number of amides is 2. The van der Waals surface area contributed by atoms with Gasteiger partial charge in [-0.3, -0.25) is 0 Å². The molecule has 3 nitrogen and oxygen atoms in total. The predicted molar refractivity (Wildman–Crippen MR) is 43.1 cm³/mol. The largest absolute Gasteiger partial charge is 0.326 e. The van der Waals surface area contributed by atoms with Gasteiger partial charge in [0.05, 0.1) is 5.88 Å². The van der Waals surface area contributed by atoms with E-state index >= 15 is 0 Å². The van der Waals surface area contributed by atoms with E-state index < -0.39 is 0 Å². The van der Waals surface area contributed by atoms with Crippen LogP contribution in [0.2, 0.25) is 0 Å². The maximum absolute atomic E-state index is 11.1. The Morgan fingerprint density at radius 3 is 2.70 bits per heavy atom. The third-order valence-corrected chi connectivity index (χ3v) is 2.16. The Hall–Kier alpha value is -0.380. The minimum Gasteiger partial charge on any atom is -0.326 e. The molecule has 2 amide bonds. The van der Waals surface area contributed by atoms with Crippen LogP contribution in [-0.2, 0) is 0 Å². The molecule has 1 aliphatic rings. The van der Waals surface area contributed by atoms with Crippen molar-refractivity contribution in [3.63, 3.8) is 0 Å². The normalized spacial score (nSPS) is 18.8. The molecule has 1 heterocycles. The number of carbonyl (C=O) groups excluding carboxylic acids is 1. The minimum atomic E-state index is 0.161. The SMILES string of the molecule is CSCN1CCN(C)C1=O. The zero-order valence-electron chi connectivity index (χ0n) is 6.33. The summed E-state index contributed by atoms with van der Waals surface area (Å²) < 4.78 is 0. The van der Waals surface area contributed by atoms with Gasteiger partial charge in [0.15, 0.2) is 0 Å². The fraction of sp³-hybridized carbons (Fsp3) is 0.833. The maximum Gasteiger partial charge on any atom is 0.320 e. The average Bonchev–Trinajstić information content (AvgIpc) is 2.20. The molecular weight excluding hydrogens is 148 g/mol. The van der Waals surface area contributed by atoms with E-state index in [1.54, 1.807) is 16.7 Å². The zero-order valence-corrected chi connectivity index (χ0v) is 7.15. The fourth-order valence-corrected chi connectivity index (χ4v) is 1.53. The van der Waals surface area contributed by atoms with Crippen LogP contribution in [0.25, 0.3) is 0 Å². The van der Waals surface area contributed by atoms with Gasteiger partial charge in [0.25, 0.3) is 0 Å². The summed E-state index contributed by atoms with van der Waals surface area (Å²) >= 11 is 1.68. The quantitative estimate of drug-likeness (QED) is 0.593. The molecule has 0 aromatic carbocycles. The number of rotatable bonds is 2. The molecule has 58 valence electrons. The third-order valence-electron chi connectivity index (χ3n) is 1.59. The molecule has 1 saturated heterocycles. The van der Waals surface area contributed by atoms with Gasteiger partial charge in [-0.1, -0.05) is 0 Å². The van der Waals surface area contributed by atoms with Crippen molar-refractivity contribution in [1.82, 2.24) is 9.80 Å². The first-order valence-corrected chi connectivity index (χ1v) is 4.64. The molecule has 0 atom stereocenters. The van der Waals surface area contributed by atoms with E-state index in [-0.39, 0.29) is 6.03 Å². The summed E-state index contributed by atoms with van der Waals surface area (Å²) in [6.07, 6.45) is 2.01. The number of carbonyl (C=O) groups is 1. The van der Waals surface area contributed by atoms with E-state index in [9.17, 15) is 4.79 Å². The Morgan fingerprint density at radius 2 is 2.30 bits per heavy atom. The molecule has 0 radical (unpaired) electrons. The van der Waals surface area contributed by atoms with Crippen LogP contribution in [0, 0.1) is 0 Å². The second-order valence-corrected chi connectivity index (χ2v) is 3.22. The molecule has 0 aromatic rings. The Labute approximate surface area is 65.4 Å². The highest BCUT2D eigenvalue weighted by Gasteiger charge is 2.23. The highest BCUT2D eigenvalue weighted by atomic mass is 32.2. The first-order chi connectivity index (χ1) is 4.75. The molecule has 4 heteroatoms. The standard InChI is InChI=1S/C6H12N2OS/c1-7-3-4-8(5-10-2)6(7)9/h3-5H2,1-2H3. The number of likely N-dealkylation sites (N-methyl/N-ethyl adjacent to an activating group) is 1. The van der Waals surface area contributed by atoms with Crippen molar-refractivity contribution >= 4 is 17.8 Å². The van der Waals surface area contributed by atoms with E-state index in [0.29, 0.717) is 0 Å². The predicted octanol–water partition coefficient (Wildman–Crippen LogP) is 0.674. The van der Waals surface area contributed by atoms with Crippen LogP contribution < -0.4 is 0 Å². The Morgan fingerprint density at radius 1 is 1.60 bits per heavy atom. The second-order valence-electron chi connectivity index (χ2n) is 2.39. The van der Waals surface area contributed by atoms with Crippen molar-refractivity contribution in [1.29, 1.82) is 0 Å². The van der Waals surface area contributed by atoms with Gasteiger partial charge in [0.2, 0.25) is 0 Å². The molecule has 0 N–H and O–H groups in total. The van der Waals surface area contributed by atoms with Crippen LogP contribution in [0.15, 0.2) is 0 Å². The van der Waals surface area contributed by atoms with Crippen molar-refractivity contribution in [2.75, 3.05) is 32.3 Å². The average molecular weight is 160 g/mol. The van der Waals surface area contributed by atoms with Crippen LogP contribution >= 0.6 is 11.8 Å². The monoisotopic (exact) mass is 160 g/mol. The fourth-order valence-electron chi connectivity index (χ4n) is 0.979. The molecule has 1 aliphatic heterocycles. The van der Waals surface area contributed by atoms with Crippen molar-refractivity contribution in [2.45, 2.75) is 0 Å². The molecule has 0 spiro atoms. The lowest BCUT2D eigenvalue weighted by atomic mass is 10.6. The van der Waals surface area contributed by atoms with Gasteiger partial charge >= 0.3 is 6.03 Å². The molecule has 0 aliphatic carbocycles. The topological polar surface area (TPSA) is 23.6 Å². The summed E-state index contributed by atoms with van der Waals surface area (Å²) in [5.41, 5.74) is 0. The molecular formula is C6H12N2OS. The number of hydrogen-bond acceptors (Lipinski definition) is 2. The lowest BCUT2D eigenvalue weighted by Crippen LogP contribution is -2.28. The van der Waals surface area contributed by atoms with Crippen LogP contribution in [0.5, 0.6) is 0 Å². The van der Waals surface area contributed by atoms with Gasteiger partial charge in [-0.25, -0.2) is 4.79 Å². The summed E-state index contributed by atoms with van der Waals surface area (Å²) in [5, 5.41) is 0. The van der Waals surface area contributed by atoms with E-state index in [4.69, 9.17) is 0 Å². The Kier molecular flexibility index (Phi) is 2.43. The highest BCUT2D eigenvalue weighted by Crippen LogP contribution is 2.08. The van der Waals surface area contributed by atoms with Crippen molar-refractivity contribution in [2.24, 2.45) is 0 Å². The summed E-state index contributed by atoms with van der Waals surface area (Å²) in [6.45, 7) is 1.76. The maximum atomic E-state index is 11.1. The van der Waals surface area contributed by atoms with Crippen molar-refractivity contribution < 1.29 is 4.79 Å². The smallest absolute Gasteiger partial charge is 0.320 e.